The van der Waals surface area contributed by atoms with Gasteiger partial charge in [0.15, 0.2) is 5.82 Å². The lowest BCUT2D eigenvalue weighted by atomic mass is 10.0. The van der Waals surface area contributed by atoms with Gasteiger partial charge in [0.25, 0.3) is 0 Å². The van der Waals surface area contributed by atoms with E-state index in [0.717, 1.165) is 31.0 Å². The molecular formula is C16H27N3O. The Kier molecular flexibility index (Phi) is 5.77. The van der Waals surface area contributed by atoms with E-state index in [9.17, 15) is 0 Å². The molecule has 1 aromatic rings. The van der Waals surface area contributed by atoms with E-state index in [2.05, 4.69) is 30.2 Å². The molecule has 112 valence electrons. The van der Waals surface area contributed by atoms with Crippen LogP contribution in [0.3, 0.4) is 0 Å². The Morgan fingerprint density at radius 1 is 1.30 bits per heavy atom. The van der Waals surface area contributed by atoms with Gasteiger partial charge in [0.2, 0.25) is 0 Å². The minimum atomic E-state index is -0.00136. The van der Waals surface area contributed by atoms with E-state index in [0.29, 0.717) is 5.92 Å². The first-order valence-corrected chi connectivity index (χ1v) is 7.94. The van der Waals surface area contributed by atoms with Crippen molar-refractivity contribution in [1.29, 1.82) is 0 Å². The van der Waals surface area contributed by atoms with Crippen molar-refractivity contribution in [2.24, 2.45) is 0 Å². The Hall–Kier alpha value is -1.16. The first-order valence-electron chi connectivity index (χ1n) is 7.94. The largest absolute Gasteiger partial charge is 0.373 e. The SMILES string of the molecule is CCCNc1cc(C2CCCC2)nc(C(CC)OC)n1. The van der Waals surface area contributed by atoms with Crippen LogP contribution in [0.1, 0.15) is 75.9 Å². The maximum atomic E-state index is 5.51. The van der Waals surface area contributed by atoms with Gasteiger partial charge in [-0.25, -0.2) is 9.97 Å². The molecule has 20 heavy (non-hydrogen) atoms. The lowest BCUT2D eigenvalue weighted by molar-refractivity contribution is 0.0924. The molecule has 0 saturated heterocycles. The molecule has 0 spiro atoms. The average Bonchev–Trinajstić information content (AvgIpc) is 3.00. The zero-order valence-electron chi connectivity index (χ0n) is 13.0. The lowest BCUT2D eigenvalue weighted by Gasteiger charge is -2.17. The van der Waals surface area contributed by atoms with Crippen LogP contribution in [0.2, 0.25) is 0 Å². The standard InChI is InChI=1S/C16H27N3O/c1-4-10-17-15-11-13(12-8-6-7-9-12)18-16(19-15)14(5-2)20-3/h11-12,14H,4-10H2,1-3H3,(H,17,18,19). The second kappa shape index (κ2) is 7.58. The molecular weight excluding hydrogens is 250 g/mol. The number of nitrogens with one attached hydrogen (secondary N) is 1. The zero-order chi connectivity index (χ0) is 14.4. The molecule has 1 atom stereocenters. The van der Waals surface area contributed by atoms with Crippen molar-refractivity contribution >= 4 is 5.82 Å². The third-order valence-electron chi connectivity index (χ3n) is 4.04. The highest BCUT2D eigenvalue weighted by Crippen LogP contribution is 2.34. The fraction of sp³-hybridized carbons (Fsp3) is 0.750. The Balaban J connectivity index is 2.27. The molecule has 0 radical (unpaired) electrons. The second-order valence-corrected chi connectivity index (χ2v) is 5.58. The predicted octanol–water partition coefficient (Wildman–Crippen LogP) is 4.05. The lowest BCUT2D eigenvalue weighted by Crippen LogP contribution is -2.12. The summed E-state index contributed by atoms with van der Waals surface area (Å²) in [6, 6.07) is 2.14. The minimum Gasteiger partial charge on any atom is -0.373 e. The number of hydrogen-bond donors (Lipinski definition) is 1. The van der Waals surface area contributed by atoms with Gasteiger partial charge in [-0.3, -0.25) is 0 Å². The van der Waals surface area contributed by atoms with Gasteiger partial charge in [-0.15, -0.1) is 0 Å². The third kappa shape index (κ3) is 3.69. The molecule has 1 aliphatic carbocycles. The first kappa shape index (κ1) is 15.2. The van der Waals surface area contributed by atoms with E-state index in [1.165, 1.54) is 31.4 Å². The first-order chi connectivity index (χ1) is 9.78. The molecule has 1 aliphatic rings. The fourth-order valence-corrected chi connectivity index (χ4v) is 2.86. The molecule has 0 aliphatic heterocycles. The van der Waals surface area contributed by atoms with E-state index in [1.807, 2.05) is 0 Å². The van der Waals surface area contributed by atoms with Crippen LogP contribution < -0.4 is 5.32 Å². The topological polar surface area (TPSA) is 47.0 Å². The van der Waals surface area contributed by atoms with E-state index in [4.69, 9.17) is 9.72 Å². The zero-order valence-corrected chi connectivity index (χ0v) is 13.0. The highest BCUT2D eigenvalue weighted by Gasteiger charge is 2.22. The molecule has 4 heteroatoms. The van der Waals surface area contributed by atoms with Gasteiger partial charge in [0.05, 0.1) is 0 Å². The quantitative estimate of drug-likeness (QED) is 0.816. The van der Waals surface area contributed by atoms with Gasteiger partial charge < -0.3 is 10.1 Å². The molecule has 1 N–H and O–H groups in total. The van der Waals surface area contributed by atoms with Crippen LogP contribution in [0.4, 0.5) is 5.82 Å². The van der Waals surface area contributed by atoms with Crippen LogP contribution >= 0.6 is 0 Å². The summed E-state index contributed by atoms with van der Waals surface area (Å²) in [5.41, 5.74) is 1.20. The van der Waals surface area contributed by atoms with Gasteiger partial charge in [0, 0.05) is 31.3 Å². The normalized spacial score (nSPS) is 17.4. The summed E-state index contributed by atoms with van der Waals surface area (Å²) in [7, 11) is 1.74. The number of hydrogen-bond acceptors (Lipinski definition) is 4. The van der Waals surface area contributed by atoms with Crippen LogP contribution in [0, 0.1) is 0 Å². The van der Waals surface area contributed by atoms with E-state index < -0.39 is 0 Å². The van der Waals surface area contributed by atoms with Gasteiger partial charge in [-0.1, -0.05) is 26.7 Å². The van der Waals surface area contributed by atoms with Crippen molar-refractivity contribution in [3.05, 3.63) is 17.6 Å². The van der Waals surface area contributed by atoms with Crippen molar-refractivity contribution in [2.45, 2.75) is 64.4 Å². The van der Waals surface area contributed by atoms with Crippen LogP contribution in [0.5, 0.6) is 0 Å². The maximum Gasteiger partial charge on any atom is 0.159 e. The Morgan fingerprint density at radius 3 is 2.65 bits per heavy atom. The van der Waals surface area contributed by atoms with Gasteiger partial charge in [0.1, 0.15) is 11.9 Å². The van der Waals surface area contributed by atoms with E-state index >= 15 is 0 Å². The third-order valence-corrected chi connectivity index (χ3v) is 4.04. The molecule has 1 heterocycles. The van der Waals surface area contributed by atoms with Crippen LogP contribution in [-0.2, 0) is 4.74 Å². The fourth-order valence-electron chi connectivity index (χ4n) is 2.86. The van der Waals surface area contributed by atoms with Crippen molar-refractivity contribution in [2.75, 3.05) is 19.0 Å². The highest BCUT2D eigenvalue weighted by molar-refractivity contribution is 5.37. The summed E-state index contributed by atoms with van der Waals surface area (Å²) in [6.07, 6.45) is 7.16. The summed E-state index contributed by atoms with van der Waals surface area (Å²) in [6.45, 7) is 5.22. The van der Waals surface area contributed by atoms with Crippen molar-refractivity contribution in [3.8, 4) is 0 Å². The number of aromatic nitrogens is 2. The Morgan fingerprint density at radius 2 is 2.05 bits per heavy atom. The smallest absolute Gasteiger partial charge is 0.159 e. The average molecular weight is 277 g/mol. The minimum absolute atomic E-state index is 0.00136. The summed E-state index contributed by atoms with van der Waals surface area (Å²) < 4.78 is 5.51. The molecule has 0 bridgehead atoms. The van der Waals surface area contributed by atoms with Crippen molar-refractivity contribution in [1.82, 2.24) is 9.97 Å². The number of ether oxygens (including phenoxy) is 1. The number of nitrogens with zero attached hydrogens (tertiary/aromatic N) is 2. The molecule has 0 amide bonds. The molecule has 2 rings (SSSR count). The molecule has 0 aromatic carbocycles. The number of methoxy groups -OCH3 is 1. The Bertz CT molecular complexity index is 392. The molecule has 4 nitrogen and oxygen atoms in total. The number of anilines is 1. The van der Waals surface area contributed by atoms with Crippen molar-refractivity contribution < 1.29 is 4.74 Å². The molecule has 1 unspecified atom stereocenters. The van der Waals surface area contributed by atoms with Crippen LogP contribution in [-0.4, -0.2) is 23.6 Å². The van der Waals surface area contributed by atoms with Crippen LogP contribution in [0.15, 0.2) is 6.07 Å². The van der Waals surface area contributed by atoms with Gasteiger partial charge in [-0.05, 0) is 25.7 Å². The Labute approximate surface area is 122 Å². The predicted molar refractivity (Wildman–Crippen MR) is 82.1 cm³/mol. The molecule has 1 fully saturated rings. The summed E-state index contributed by atoms with van der Waals surface area (Å²) >= 11 is 0. The van der Waals surface area contributed by atoms with E-state index in [1.54, 1.807) is 7.11 Å². The maximum absolute atomic E-state index is 5.51. The summed E-state index contributed by atoms with van der Waals surface area (Å²) in [4.78, 5) is 9.43. The summed E-state index contributed by atoms with van der Waals surface area (Å²) in [5.74, 6) is 2.39. The van der Waals surface area contributed by atoms with Gasteiger partial charge >= 0.3 is 0 Å². The van der Waals surface area contributed by atoms with Crippen LogP contribution in [0.25, 0.3) is 0 Å². The summed E-state index contributed by atoms with van der Waals surface area (Å²) in [5, 5.41) is 3.39. The van der Waals surface area contributed by atoms with E-state index in [-0.39, 0.29) is 6.10 Å². The monoisotopic (exact) mass is 277 g/mol. The second-order valence-electron chi connectivity index (χ2n) is 5.58. The number of rotatable bonds is 7. The van der Waals surface area contributed by atoms with Crippen molar-refractivity contribution in [3.63, 3.8) is 0 Å². The van der Waals surface area contributed by atoms with Gasteiger partial charge in [-0.2, -0.15) is 0 Å². The highest BCUT2D eigenvalue weighted by atomic mass is 16.5. The molecule has 1 aromatic heterocycles. The molecule has 1 saturated carbocycles.